The molecule has 5 aromatic carbocycles. The predicted octanol–water partition coefficient (Wildman–Crippen LogP) is 6.75. The number of rotatable bonds is 4. The third-order valence-electron chi connectivity index (χ3n) is 5.51. The van der Waals surface area contributed by atoms with Gasteiger partial charge in [-0.25, -0.2) is 0 Å². The Labute approximate surface area is 181 Å². The van der Waals surface area contributed by atoms with E-state index in [1.165, 1.54) is 5.56 Å². The molecule has 0 heterocycles. The number of nitrogens with zero attached hydrogens (tertiary/aromatic N) is 1. The van der Waals surface area contributed by atoms with Gasteiger partial charge in [-0.15, -0.1) is 0 Å². The molecule has 0 saturated heterocycles. The summed E-state index contributed by atoms with van der Waals surface area (Å²) in [7, 11) is 0. The maximum Gasteiger partial charge on any atom is 0.125 e. The molecule has 4 N–H and O–H groups in total. The number of aromatic hydroxyl groups is 1. The van der Waals surface area contributed by atoms with Crippen LogP contribution >= 0.6 is 0 Å². The summed E-state index contributed by atoms with van der Waals surface area (Å²) in [6.45, 7) is 2.07. The molecule has 31 heavy (non-hydrogen) atoms. The lowest BCUT2D eigenvalue weighted by Gasteiger charge is -2.29. The first kappa shape index (κ1) is 18.8. The van der Waals surface area contributed by atoms with Gasteiger partial charge in [0, 0.05) is 16.5 Å². The van der Waals surface area contributed by atoms with E-state index in [-0.39, 0.29) is 5.75 Å². The van der Waals surface area contributed by atoms with Gasteiger partial charge in [0.15, 0.2) is 0 Å². The summed E-state index contributed by atoms with van der Waals surface area (Å²) >= 11 is 0. The molecular formula is C27H23N3O. The molecule has 0 saturated carbocycles. The van der Waals surface area contributed by atoms with Crippen molar-refractivity contribution in [2.75, 3.05) is 16.2 Å². The Bertz CT molecular complexity index is 1390. The molecule has 5 aromatic rings. The van der Waals surface area contributed by atoms with E-state index >= 15 is 0 Å². The van der Waals surface area contributed by atoms with Crippen LogP contribution in [0.2, 0.25) is 0 Å². The molecule has 0 atom stereocenters. The first-order valence-corrected chi connectivity index (χ1v) is 10.2. The van der Waals surface area contributed by atoms with E-state index in [4.69, 9.17) is 5.73 Å². The second-order valence-corrected chi connectivity index (χ2v) is 7.72. The maximum atomic E-state index is 10.7. The lowest BCUT2D eigenvalue weighted by molar-refractivity contribution is 0.481. The number of nitrogens with two attached hydrogens (primary N) is 1. The molecule has 4 heteroatoms. The highest BCUT2D eigenvalue weighted by Gasteiger charge is 2.16. The van der Waals surface area contributed by atoms with Crippen LogP contribution in [-0.4, -0.2) is 5.11 Å². The fourth-order valence-electron chi connectivity index (χ4n) is 3.99. The van der Waals surface area contributed by atoms with Gasteiger partial charge < -0.3 is 10.8 Å². The average Bonchev–Trinajstić information content (AvgIpc) is 2.78. The number of benzene rings is 5. The number of hydrogen-bond donors (Lipinski definition) is 3. The fraction of sp³-hybridized carbons (Fsp3) is 0.0370. The number of phenolic OH excluding ortho intramolecular Hbond substituents is 1. The van der Waals surface area contributed by atoms with Gasteiger partial charge >= 0.3 is 0 Å². The van der Waals surface area contributed by atoms with Gasteiger partial charge in [0.2, 0.25) is 0 Å². The number of hydrogen-bond acceptors (Lipinski definition) is 4. The van der Waals surface area contributed by atoms with Crippen LogP contribution in [0.4, 0.5) is 22.7 Å². The number of nitrogen functional groups attached to an aromatic ring is 1. The minimum absolute atomic E-state index is 0.240. The van der Waals surface area contributed by atoms with Crippen molar-refractivity contribution in [3.05, 3.63) is 103 Å². The smallest absolute Gasteiger partial charge is 0.125 e. The minimum atomic E-state index is 0.240. The molecule has 0 aliphatic rings. The van der Waals surface area contributed by atoms with Crippen molar-refractivity contribution in [2.24, 2.45) is 0 Å². The zero-order valence-electron chi connectivity index (χ0n) is 17.2. The molecule has 5 rings (SSSR count). The minimum Gasteiger partial charge on any atom is -0.507 e. The van der Waals surface area contributed by atoms with Crippen molar-refractivity contribution >= 4 is 44.3 Å². The van der Waals surface area contributed by atoms with Crippen molar-refractivity contribution < 1.29 is 5.11 Å². The Morgan fingerprint density at radius 2 is 1.48 bits per heavy atom. The second kappa shape index (κ2) is 7.58. The normalized spacial score (nSPS) is 11.0. The standard InChI is InChI=1S/C27H23N3O/c1-18-12-14-22(15-13-18)30(25-10-4-7-19-8-5-11-26(31)27(19)25)29-24-17-21(28)16-20-6-2-3-9-23(20)24/h2-17,29,31H,28H2,1H3. The van der Waals surface area contributed by atoms with E-state index in [0.29, 0.717) is 5.69 Å². The number of aryl methyl sites for hydroxylation is 1. The second-order valence-electron chi connectivity index (χ2n) is 7.72. The van der Waals surface area contributed by atoms with Crippen LogP contribution in [0.1, 0.15) is 5.56 Å². The molecule has 0 radical (unpaired) electrons. The highest BCUT2D eigenvalue weighted by atomic mass is 16.3. The molecule has 0 bridgehead atoms. The van der Waals surface area contributed by atoms with Crippen molar-refractivity contribution in [3.8, 4) is 5.75 Å². The van der Waals surface area contributed by atoms with Crippen LogP contribution in [0.15, 0.2) is 97.1 Å². The molecule has 152 valence electrons. The van der Waals surface area contributed by atoms with E-state index in [9.17, 15) is 5.11 Å². The zero-order valence-corrected chi connectivity index (χ0v) is 17.2. The fourth-order valence-corrected chi connectivity index (χ4v) is 3.99. The number of phenols is 1. The summed E-state index contributed by atoms with van der Waals surface area (Å²) in [6, 6.07) is 31.9. The van der Waals surface area contributed by atoms with E-state index in [2.05, 4.69) is 48.7 Å². The Balaban J connectivity index is 1.73. The molecule has 0 fully saturated rings. The molecule has 0 aromatic heterocycles. The van der Waals surface area contributed by atoms with Crippen LogP contribution in [0.5, 0.6) is 5.75 Å². The highest BCUT2D eigenvalue weighted by Crippen LogP contribution is 2.38. The monoisotopic (exact) mass is 405 g/mol. The van der Waals surface area contributed by atoms with Gasteiger partial charge in [-0.1, -0.05) is 66.2 Å². The van der Waals surface area contributed by atoms with Gasteiger partial charge in [-0.3, -0.25) is 10.4 Å². The van der Waals surface area contributed by atoms with Crippen LogP contribution < -0.4 is 16.2 Å². The quantitative estimate of drug-likeness (QED) is 0.228. The number of anilines is 4. The molecule has 0 spiro atoms. The van der Waals surface area contributed by atoms with Gasteiger partial charge in [0.05, 0.1) is 17.1 Å². The number of hydrazine groups is 1. The van der Waals surface area contributed by atoms with E-state index in [1.54, 1.807) is 6.07 Å². The molecule has 0 unspecified atom stereocenters. The molecular weight excluding hydrogens is 382 g/mol. The Morgan fingerprint density at radius 1 is 0.774 bits per heavy atom. The third kappa shape index (κ3) is 3.49. The number of nitrogens with one attached hydrogen (secondary N) is 1. The van der Waals surface area contributed by atoms with Crippen LogP contribution in [0, 0.1) is 6.92 Å². The van der Waals surface area contributed by atoms with Gasteiger partial charge in [-0.2, -0.15) is 0 Å². The lowest BCUT2D eigenvalue weighted by Crippen LogP contribution is -2.25. The Kier molecular flexibility index (Phi) is 4.60. The number of fused-ring (bicyclic) bond motifs is 2. The third-order valence-corrected chi connectivity index (χ3v) is 5.51. The summed E-state index contributed by atoms with van der Waals surface area (Å²) in [6.07, 6.45) is 0. The van der Waals surface area contributed by atoms with Gasteiger partial charge in [-0.05, 0) is 54.1 Å². The summed E-state index contributed by atoms with van der Waals surface area (Å²) in [5, 5.41) is 16.6. The molecule has 4 nitrogen and oxygen atoms in total. The maximum absolute atomic E-state index is 10.7. The summed E-state index contributed by atoms with van der Waals surface area (Å²) < 4.78 is 0. The van der Waals surface area contributed by atoms with E-state index in [1.807, 2.05) is 59.6 Å². The van der Waals surface area contributed by atoms with Gasteiger partial charge in [0.25, 0.3) is 0 Å². The van der Waals surface area contributed by atoms with E-state index in [0.717, 1.165) is 38.6 Å². The Morgan fingerprint density at radius 3 is 2.29 bits per heavy atom. The van der Waals surface area contributed by atoms with Crippen molar-refractivity contribution in [2.45, 2.75) is 6.92 Å². The molecule has 0 aliphatic carbocycles. The molecule has 0 aliphatic heterocycles. The summed E-state index contributed by atoms with van der Waals surface area (Å²) in [5.41, 5.74) is 14.4. The molecule has 0 amide bonds. The van der Waals surface area contributed by atoms with Crippen molar-refractivity contribution in [1.29, 1.82) is 0 Å². The highest BCUT2D eigenvalue weighted by molar-refractivity contribution is 6.02. The first-order chi connectivity index (χ1) is 15.1. The lowest BCUT2D eigenvalue weighted by atomic mass is 10.1. The summed E-state index contributed by atoms with van der Waals surface area (Å²) in [4.78, 5) is 0. The van der Waals surface area contributed by atoms with Crippen LogP contribution in [-0.2, 0) is 0 Å². The van der Waals surface area contributed by atoms with E-state index < -0.39 is 0 Å². The first-order valence-electron chi connectivity index (χ1n) is 10.2. The van der Waals surface area contributed by atoms with Gasteiger partial charge in [0.1, 0.15) is 5.75 Å². The predicted molar refractivity (Wildman–Crippen MR) is 131 cm³/mol. The topological polar surface area (TPSA) is 61.5 Å². The summed E-state index contributed by atoms with van der Waals surface area (Å²) in [5.74, 6) is 0.240. The van der Waals surface area contributed by atoms with Crippen LogP contribution in [0.25, 0.3) is 21.5 Å². The average molecular weight is 406 g/mol. The SMILES string of the molecule is Cc1ccc(N(Nc2cc(N)cc3ccccc23)c2cccc3cccc(O)c23)cc1. The van der Waals surface area contributed by atoms with Crippen molar-refractivity contribution in [3.63, 3.8) is 0 Å². The van der Waals surface area contributed by atoms with Crippen molar-refractivity contribution in [1.82, 2.24) is 0 Å². The zero-order chi connectivity index (χ0) is 21.4. The largest absolute Gasteiger partial charge is 0.507 e. The Hall–Kier alpha value is -4.18. The van der Waals surface area contributed by atoms with Crippen LogP contribution in [0.3, 0.4) is 0 Å².